The molecule has 1 aromatic heterocycles. The molecule has 1 amide bonds. The van der Waals surface area contributed by atoms with Crippen LogP contribution in [0.15, 0.2) is 38.6 Å². The lowest BCUT2D eigenvalue weighted by molar-refractivity contribution is 0.102. The van der Waals surface area contributed by atoms with Crippen molar-refractivity contribution in [1.82, 2.24) is 0 Å². The van der Waals surface area contributed by atoms with Gasteiger partial charge >= 0.3 is 0 Å². The average Bonchev–Trinajstić information content (AvgIpc) is 2.69. The maximum atomic E-state index is 11.9. The number of amides is 1. The SMILES string of the molecule is O=C(Nc1ccc(Br)cc1Br)c1csc(I)c1. The van der Waals surface area contributed by atoms with Gasteiger partial charge in [0, 0.05) is 14.3 Å². The van der Waals surface area contributed by atoms with Crippen LogP contribution in [0, 0.1) is 2.88 Å². The summed E-state index contributed by atoms with van der Waals surface area (Å²) in [6.07, 6.45) is 0. The molecule has 0 fully saturated rings. The lowest BCUT2D eigenvalue weighted by Gasteiger charge is -2.06. The molecule has 0 bridgehead atoms. The molecule has 0 unspecified atom stereocenters. The topological polar surface area (TPSA) is 29.1 Å². The molecule has 1 aromatic carbocycles. The van der Waals surface area contributed by atoms with Gasteiger partial charge < -0.3 is 5.32 Å². The van der Waals surface area contributed by atoms with E-state index in [4.69, 9.17) is 0 Å². The molecule has 0 aliphatic carbocycles. The van der Waals surface area contributed by atoms with Crippen LogP contribution < -0.4 is 5.32 Å². The smallest absolute Gasteiger partial charge is 0.256 e. The van der Waals surface area contributed by atoms with Gasteiger partial charge in [-0.2, -0.15) is 0 Å². The van der Waals surface area contributed by atoms with E-state index in [0.717, 1.165) is 17.5 Å². The summed E-state index contributed by atoms with van der Waals surface area (Å²) < 4.78 is 2.92. The number of hydrogen-bond acceptors (Lipinski definition) is 2. The third-order valence-electron chi connectivity index (χ3n) is 2.01. The van der Waals surface area contributed by atoms with Gasteiger partial charge in [-0.15, -0.1) is 11.3 Å². The van der Waals surface area contributed by atoms with Crippen molar-refractivity contribution < 1.29 is 4.79 Å². The highest BCUT2D eigenvalue weighted by molar-refractivity contribution is 14.1. The minimum atomic E-state index is -0.0906. The van der Waals surface area contributed by atoms with Crippen molar-refractivity contribution in [3.05, 3.63) is 47.0 Å². The Morgan fingerprint density at radius 2 is 2.06 bits per heavy atom. The first kappa shape index (κ1) is 13.5. The van der Waals surface area contributed by atoms with Gasteiger partial charge in [-0.05, 0) is 62.8 Å². The van der Waals surface area contributed by atoms with Crippen molar-refractivity contribution >= 4 is 77.4 Å². The van der Waals surface area contributed by atoms with Crippen molar-refractivity contribution in [1.29, 1.82) is 0 Å². The van der Waals surface area contributed by atoms with E-state index in [9.17, 15) is 4.79 Å². The summed E-state index contributed by atoms with van der Waals surface area (Å²) in [5, 5.41) is 4.71. The van der Waals surface area contributed by atoms with E-state index in [0.29, 0.717) is 5.56 Å². The molecule has 1 heterocycles. The van der Waals surface area contributed by atoms with E-state index in [2.05, 4.69) is 59.8 Å². The lowest BCUT2D eigenvalue weighted by atomic mass is 10.3. The molecule has 0 saturated heterocycles. The predicted molar refractivity (Wildman–Crippen MR) is 86.8 cm³/mol. The second-order valence-electron chi connectivity index (χ2n) is 3.22. The Morgan fingerprint density at radius 1 is 1.29 bits per heavy atom. The van der Waals surface area contributed by atoms with E-state index in [-0.39, 0.29) is 5.91 Å². The number of thiophene rings is 1. The molecule has 17 heavy (non-hydrogen) atoms. The number of hydrogen-bond donors (Lipinski definition) is 1. The molecule has 2 rings (SSSR count). The molecule has 0 radical (unpaired) electrons. The van der Waals surface area contributed by atoms with Gasteiger partial charge in [-0.25, -0.2) is 0 Å². The molecule has 0 spiro atoms. The Bertz CT molecular complexity index is 570. The summed E-state index contributed by atoms with van der Waals surface area (Å²) in [6.45, 7) is 0. The number of benzene rings is 1. The highest BCUT2D eigenvalue weighted by Gasteiger charge is 2.10. The monoisotopic (exact) mass is 485 g/mol. The third-order valence-corrected chi connectivity index (χ3v) is 4.95. The molecule has 2 aromatic rings. The van der Waals surface area contributed by atoms with E-state index in [1.807, 2.05) is 29.6 Å². The number of nitrogens with one attached hydrogen (secondary N) is 1. The molecular formula is C11H6Br2INOS. The molecule has 0 atom stereocenters. The summed E-state index contributed by atoms with van der Waals surface area (Å²) in [4.78, 5) is 11.9. The molecule has 88 valence electrons. The van der Waals surface area contributed by atoms with Crippen molar-refractivity contribution in [2.45, 2.75) is 0 Å². The Hall–Kier alpha value is 0.0800. The van der Waals surface area contributed by atoms with Gasteiger partial charge in [0.2, 0.25) is 0 Å². The van der Waals surface area contributed by atoms with Gasteiger partial charge in [0.1, 0.15) is 0 Å². The van der Waals surface area contributed by atoms with Crippen LogP contribution in [-0.4, -0.2) is 5.91 Å². The first-order chi connectivity index (χ1) is 8.06. The van der Waals surface area contributed by atoms with Crippen LogP contribution in [0.1, 0.15) is 10.4 Å². The summed E-state index contributed by atoms with van der Waals surface area (Å²) in [5.41, 5.74) is 1.45. The van der Waals surface area contributed by atoms with E-state index < -0.39 is 0 Å². The number of halogens is 3. The third kappa shape index (κ3) is 3.52. The largest absolute Gasteiger partial charge is 0.321 e. The van der Waals surface area contributed by atoms with Gasteiger partial charge in [0.15, 0.2) is 0 Å². The Kier molecular flexibility index (Phi) is 4.62. The van der Waals surface area contributed by atoms with Crippen LogP contribution in [0.25, 0.3) is 0 Å². The highest BCUT2D eigenvalue weighted by atomic mass is 127. The van der Waals surface area contributed by atoms with E-state index in [1.165, 1.54) is 0 Å². The predicted octanol–water partition coefficient (Wildman–Crippen LogP) is 5.13. The molecule has 0 aliphatic heterocycles. The molecule has 0 aliphatic rings. The fourth-order valence-electron chi connectivity index (χ4n) is 1.21. The zero-order valence-corrected chi connectivity index (χ0v) is 14.5. The minimum absolute atomic E-state index is 0.0906. The van der Waals surface area contributed by atoms with Gasteiger partial charge in [0.25, 0.3) is 5.91 Å². The number of anilines is 1. The minimum Gasteiger partial charge on any atom is -0.321 e. The molecular weight excluding hydrogens is 481 g/mol. The van der Waals surface area contributed by atoms with Crippen LogP contribution in [0.2, 0.25) is 0 Å². The maximum Gasteiger partial charge on any atom is 0.256 e. The number of carbonyl (C=O) groups is 1. The van der Waals surface area contributed by atoms with Crippen molar-refractivity contribution in [2.75, 3.05) is 5.32 Å². The molecule has 2 nitrogen and oxygen atoms in total. The van der Waals surface area contributed by atoms with Crippen molar-refractivity contribution in [3.63, 3.8) is 0 Å². The first-order valence-corrected chi connectivity index (χ1v) is 8.11. The second-order valence-corrected chi connectivity index (χ2v) is 7.79. The van der Waals surface area contributed by atoms with Crippen LogP contribution in [-0.2, 0) is 0 Å². The Balaban J connectivity index is 2.18. The molecule has 6 heteroatoms. The Morgan fingerprint density at radius 3 is 2.65 bits per heavy atom. The maximum absolute atomic E-state index is 11.9. The zero-order chi connectivity index (χ0) is 12.4. The quantitative estimate of drug-likeness (QED) is 0.586. The summed E-state index contributed by atoms with van der Waals surface area (Å²) in [6, 6.07) is 7.50. The normalized spacial score (nSPS) is 10.3. The number of rotatable bonds is 2. The van der Waals surface area contributed by atoms with Crippen LogP contribution in [0.4, 0.5) is 5.69 Å². The first-order valence-electron chi connectivity index (χ1n) is 4.56. The lowest BCUT2D eigenvalue weighted by Crippen LogP contribution is -2.11. The van der Waals surface area contributed by atoms with Crippen molar-refractivity contribution in [2.24, 2.45) is 0 Å². The highest BCUT2D eigenvalue weighted by Crippen LogP contribution is 2.27. The summed E-state index contributed by atoms with van der Waals surface area (Å²) in [7, 11) is 0. The standard InChI is InChI=1S/C11H6Br2INOS/c12-7-1-2-9(8(13)4-7)15-11(16)6-3-10(14)17-5-6/h1-5H,(H,15,16). The van der Waals surface area contributed by atoms with Crippen LogP contribution in [0.5, 0.6) is 0 Å². The van der Waals surface area contributed by atoms with E-state index in [1.54, 1.807) is 11.3 Å². The fourth-order valence-corrected chi connectivity index (χ4v) is 3.69. The number of carbonyl (C=O) groups excluding carboxylic acids is 1. The van der Waals surface area contributed by atoms with Gasteiger partial charge in [-0.1, -0.05) is 15.9 Å². The van der Waals surface area contributed by atoms with Crippen LogP contribution in [0.3, 0.4) is 0 Å². The van der Waals surface area contributed by atoms with E-state index >= 15 is 0 Å². The molecule has 1 N–H and O–H groups in total. The Labute approximate surface area is 133 Å². The summed E-state index contributed by atoms with van der Waals surface area (Å²) >= 11 is 10.5. The van der Waals surface area contributed by atoms with Gasteiger partial charge in [-0.3, -0.25) is 4.79 Å². The van der Waals surface area contributed by atoms with Crippen LogP contribution >= 0.6 is 65.8 Å². The summed E-state index contributed by atoms with van der Waals surface area (Å²) in [5.74, 6) is -0.0906. The van der Waals surface area contributed by atoms with Crippen molar-refractivity contribution in [3.8, 4) is 0 Å². The zero-order valence-electron chi connectivity index (χ0n) is 8.34. The molecule has 0 saturated carbocycles. The second kappa shape index (κ2) is 5.81. The van der Waals surface area contributed by atoms with Gasteiger partial charge in [0.05, 0.1) is 14.1 Å². The fraction of sp³-hybridized carbons (Fsp3) is 0. The average molecular weight is 487 g/mol.